The summed E-state index contributed by atoms with van der Waals surface area (Å²) in [6.45, 7) is 0. The van der Waals surface area contributed by atoms with E-state index in [1.54, 1.807) is 0 Å². The summed E-state index contributed by atoms with van der Waals surface area (Å²) < 4.78 is 20.4. The molecule has 2 atom stereocenters. The minimum absolute atomic E-state index is 0.0261. The number of aliphatic hydroxyl groups excluding tert-OH is 1. The van der Waals surface area contributed by atoms with Crippen LogP contribution in [0.1, 0.15) is 33.6 Å². The second kappa shape index (κ2) is 10.1. The van der Waals surface area contributed by atoms with E-state index in [1.165, 1.54) is 50.6 Å². The first-order chi connectivity index (χ1) is 16.5. The summed E-state index contributed by atoms with van der Waals surface area (Å²) in [4.78, 5) is 37.0. The van der Waals surface area contributed by atoms with E-state index in [4.69, 9.17) is 18.9 Å². The topological polar surface area (TPSA) is 189 Å². The largest absolute Gasteiger partial charge is 0.504 e. The number of benzene rings is 2. The van der Waals surface area contributed by atoms with Gasteiger partial charge in [-0.15, -0.1) is 0 Å². The van der Waals surface area contributed by atoms with E-state index in [0.717, 1.165) is 0 Å². The van der Waals surface area contributed by atoms with Crippen molar-refractivity contribution in [2.75, 3.05) is 14.2 Å². The van der Waals surface area contributed by atoms with Gasteiger partial charge in [0.05, 0.1) is 25.3 Å². The zero-order valence-corrected chi connectivity index (χ0v) is 18.7. The molecule has 0 aliphatic heterocycles. The van der Waals surface area contributed by atoms with Crippen LogP contribution in [0.5, 0.6) is 23.0 Å². The molecule has 1 fully saturated rings. The predicted molar refractivity (Wildman–Crippen MR) is 116 cm³/mol. The van der Waals surface area contributed by atoms with Gasteiger partial charge in [-0.1, -0.05) is 0 Å². The molecule has 1 saturated carbocycles. The van der Waals surface area contributed by atoms with E-state index in [1.807, 2.05) is 0 Å². The first-order valence-corrected chi connectivity index (χ1v) is 10.3. The van der Waals surface area contributed by atoms with Gasteiger partial charge in [0.15, 0.2) is 28.6 Å². The lowest BCUT2D eigenvalue weighted by Crippen LogP contribution is -2.58. The normalized spacial score (nSPS) is 23.7. The average molecular weight is 492 g/mol. The summed E-state index contributed by atoms with van der Waals surface area (Å²) in [6, 6.07) is 7.13. The maximum atomic E-state index is 12.6. The molecule has 3 rings (SSSR count). The summed E-state index contributed by atoms with van der Waals surface area (Å²) in [5, 5.41) is 50.2. The van der Waals surface area contributed by atoms with Crippen LogP contribution in [0.4, 0.5) is 0 Å². The molecule has 0 heterocycles. The Balaban J connectivity index is 1.83. The van der Waals surface area contributed by atoms with Crippen molar-refractivity contribution in [2.45, 2.75) is 36.8 Å². The van der Waals surface area contributed by atoms with Crippen molar-refractivity contribution in [3.63, 3.8) is 0 Å². The number of phenolic OH excluding ortho intramolecular Hbond substituents is 2. The Morgan fingerprint density at radius 2 is 1.23 bits per heavy atom. The van der Waals surface area contributed by atoms with Crippen LogP contribution in [-0.2, 0) is 14.3 Å². The number of carboxylic acids is 1. The first kappa shape index (κ1) is 25.6. The second-order valence-electron chi connectivity index (χ2n) is 7.90. The molecule has 0 saturated heterocycles. The summed E-state index contributed by atoms with van der Waals surface area (Å²) in [5.74, 6) is -4.20. The second-order valence-corrected chi connectivity index (χ2v) is 7.90. The number of ether oxygens (including phenoxy) is 4. The minimum atomic E-state index is -2.48. The number of esters is 2. The van der Waals surface area contributed by atoms with Crippen molar-refractivity contribution in [3.8, 4) is 23.0 Å². The quantitative estimate of drug-likeness (QED) is 0.343. The van der Waals surface area contributed by atoms with Crippen molar-refractivity contribution >= 4 is 17.9 Å². The molecule has 0 bridgehead atoms. The van der Waals surface area contributed by atoms with E-state index < -0.39 is 54.7 Å². The van der Waals surface area contributed by atoms with Gasteiger partial charge in [0.1, 0.15) is 18.3 Å². The molecule has 0 radical (unpaired) electrons. The number of hydrogen-bond donors (Lipinski definition) is 5. The third kappa shape index (κ3) is 5.39. The number of aliphatic hydroxyl groups is 2. The smallest absolute Gasteiger partial charge is 0.338 e. The van der Waals surface area contributed by atoms with Gasteiger partial charge in [-0.25, -0.2) is 14.4 Å². The Morgan fingerprint density at radius 3 is 1.57 bits per heavy atom. The van der Waals surface area contributed by atoms with Crippen LogP contribution in [0, 0.1) is 0 Å². The SMILES string of the molecule is COc1cc(C(=O)O[C@@H]2CC(O)(C(=O)O)C[C@@H](OC(=O)c3ccc(O)c(OC)c3)C2O)ccc1O. The van der Waals surface area contributed by atoms with E-state index >= 15 is 0 Å². The van der Waals surface area contributed by atoms with Crippen molar-refractivity contribution < 1.29 is 58.9 Å². The van der Waals surface area contributed by atoms with Gasteiger partial charge in [-0.3, -0.25) is 0 Å². The van der Waals surface area contributed by atoms with Crippen LogP contribution in [0.3, 0.4) is 0 Å². The third-order valence-electron chi connectivity index (χ3n) is 5.59. The third-order valence-corrected chi connectivity index (χ3v) is 5.59. The van der Waals surface area contributed by atoms with Crippen molar-refractivity contribution in [1.82, 2.24) is 0 Å². The number of phenols is 2. The summed E-state index contributed by atoms with van der Waals surface area (Å²) in [5.41, 5.74) is -2.64. The maximum absolute atomic E-state index is 12.6. The van der Waals surface area contributed by atoms with Crippen molar-refractivity contribution in [3.05, 3.63) is 47.5 Å². The van der Waals surface area contributed by atoms with Gasteiger partial charge in [0, 0.05) is 12.8 Å². The number of methoxy groups -OCH3 is 2. The van der Waals surface area contributed by atoms with Crippen LogP contribution in [0.2, 0.25) is 0 Å². The highest BCUT2D eigenvalue weighted by Crippen LogP contribution is 2.35. The van der Waals surface area contributed by atoms with Crippen molar-refractivity contribution in [2.24, 2.45) is 0 Å². The van der Waals surface area contributed by atoms with Gasteiger partial charge >= 0.3 is 17.9 Å². The highest BCUT2D eigenvalue weighted by atomic mass is 16.6. The fraction of sp³-hybridized carbons (Fsp3) is 0.348. The molecular weight excluding hydrogens is 468 g/mol. The van der Waals surface area contributed by atoms with Crippen LogP contribution in [-0.4, -0.2) is 81.6 Å². The van der Waals surface area contributed by atoms with E-state index in [9.17, 15) is 39.9 Å². The number of carboxylic acid groups (broad SMARTS) is 1. The number of hydrogen-bond acceptors (Lipinski definition) is 11. The van der Waals surface area contributed by atoms with Crippen LogP contribution >= 0.6 is 0 Å². The molecule has 5 N–H and O–H groups in total. The Bertz CT molecular complexity index is 1050. The highest BCUT2D eigenvalue weighted by Gasteiger charge is 2.52. The van der Waals surface area contributed by atoms with Crippen LogP contribution in [0.25, 0.3) is 0 Å². The maximum Gasteiger partial charge on any atom is 0.338 e. The molecule has 2 aromatic carbocycles. The molecule has 0 aromatic heterocycles. The minimum Gasteiger partial charge on any atom is -0.504 e. The molecule has 2 aromatic rings. The monoisotopic (exact) mass is 492 g/mol. The van der Waals surface area contributed by atoms with Gasteiger partial charge < -0.3 is 44.5 Å². The number of rotatable bonds is 7. The van der Waals surface area contributed by atoms with Crippen LogP contribution < -0.4 is 9.47 Å². The van der Waals surface area contributed by atoms with Gasteiger partial charge in [-0.05, 0) is 36.4 Å². The molecule has 1 aliphatic rings. The lowest BCUT2D eigenvalue weighted by atomic mass is 9.79. The van der Waals surface area contributed by atoms with E-state index in [-0.39, 0.29) is 34.1 Å². The molecule has 0 unspecified atom stereocenters. The van der Waals surface area contributed by atoms with Crippen LogP contribution in [0.15, 0.2) is 36.4 Å². The fourth-order valence-electron chi connectivity index (χ4n) is 3.65. The average Bonchev–Trinajstić information content (AvgIpc) is 2.82. The lowest BCUT2D eigenvalue weighted by molar-refractivity contribution is -0.187. The molecule has 1 aliphatic carbocycles. The van der Waals surface area contributed by atoms with Gasteiger partial charge in [0.2, 0.25) is 0 Å². The summed E-state index contributed by atoms with van der Waals surface area (Å²) >= 11 is 0. The highest BCUT2D eigenvalue weighted by molar-refractivity contribution is 5.91. The van der Waals surface area contributed by atoms with Gasteiger partial charge in [-0.2, -0.15) is 0 Å². The zero-order chi connectivity index (χ0) is 25.9. The standard InChI is InChI=1S/C23H24O12/c1-32-15-7-11(3-5-13(15)24)20(27)34-17-9-23(31,22(29)30)10-18(19(17)26)35-21(28)12-4-6-14(25)16(8-12)33-2/h3-8,17-19,24-26,31H,9-10H2,1-2H3,(H,29,30)/t17-,18-,19?,23?/m1/s1. The molecular formula is C23H24O12. The molecule has 0 amide bonds. The molecule has 188 valence electrons. The molecule has 0 spiro atoms. The lowest BCUT2D eigenvalue weighted by Gasteiger charge is -2.40. The predicted octanol–water partition coefficient (Wildman–Crippen LogP) is 0.836. The number of carbonyl (C=O) groups excluding carboxylic acids is 2. The van der Waals surface area contributed by atoms with E-state index in [0.29, 0.717) is 0 Å². The summed E-state index contributed by atoms with van der Waals surface area (Å²) in [7, 11) is 2.54. The zero-order valence-electron chi connectivity index (χ0n) is 18.7. The Labute approximate surface area is 198 Å². The fourth-order valence-corrected chi connectivity index (χ4v) is 3.65. The molecule has 12 heteroatoms. The Hall–Kier alpha value is -4.03. The molecule has 12 nitrogen and oxygen atoms in total. The number of aliphatic carboxylic acids is 1. The summed E-state index contributed by atoms with van der Waals surface area (Å²) in [6.07, 6.45) is -6.16. The van der Waals surface area contributed by atoms with Gasteiger partial charge in [0.25, 0.3) is 0 Å². The Morgan fingerprint density at radius 1 is 0.829 bits per heavy atom. The molecule has 35 heavy (non-hydrogen) atoms. The van der Waals surface area contributed by atoms with Crippen molar-refractivity contribution in [1.29, 1.82) is 0 Å². The first-order valence-electron chi connectivity index (χ1n) is 10.3. The Kier molecular flexibility index (Phi) is 7.37. The van der Waals surface area contributed by atoms with E-state index in [2.05, 4.69) is 0 Å². The number of aromatic hydroxyl groups is 2. The number of carbonyl (C=O) groups is 3.